The SMILES string of the molecule is CCCCC(CCC)n1c(=S)[nH]c2c(F)cccc21. The van der Waals surface area contributed by atoms with Gasteiger partial charge in [-0.05, 0) is 37.2 Å². The molecular weight excluding hydrogens is 259 g/mol. The first-order valence-corrected chi connectivity index (χ1v) is 7.48. The summed E-state index contributed by atoms with van der Waals surface area (Å²) in [5.41, 5.74) is 1.42. The third kappa shape index (κ3) is 2.89. The van der Waals surface area contributed by atoms with Gasteiger partial charge in [-0.1, -0.05) is 39.2 Å². The Hall–Kier alpha value is -1.16. The van der Waals surface area contributed by atoms with Crippen molar-refractivity contribution in [2.24, 2.45) is 0 Å². The van der Waals surface area contributed by atoms with E-state index in [0.717, 1.165) is 24.8 Å². The van der Waals surface area contributed by atoms with Crippen molar-refractivity contribution in [2.75, 3.05) is 0 Å². The molecule has 4 heteroatoms. The molecule has 0 radical (unpaired) electrons. The average molecular weight is 280 g/mol. The molecule has 19 heavy (non-hydrogen) atoms. The van der Waals surface area contributed by atoms with Crippen LogP contribution in [0.3, 0.4) is 0 Å². The molecule has 0 aliphatic rings. The number of fused-ring (bicyclic) bond motifs is 1. The maximum Gasteiger partial charge on any atom is 0.178 e. The number of benzene rings is 1. The molecule has 1 heterocycles. The Bertz CT molecular complexity index is 600. The molecule has 0 bridgehead atoms. The van der Waals surface area contributed by atoms with Crippen LogP contribution in [0.25, 0.3) is 11.0 Å². The van der Waals surface area contributed by atoms with Gasteiger partial charge >= 0.3 is 0 Å². The lowest BCUT2D eigenvalue weighted by Crippen LogP contribution is -2.09. The number of rotatable bonds is 6. The monoisotopic (exact) mass is 280 g/mol. The minimum atomic E-state index is -0.229. The summed E-state index contributed by atoms with van der Waals surface area (Å²) in [6.07, 6.45) is 5.64. The summed E-state index contributed by atoms with van der Waals surface area (Å²) in [7, 11) is 0. The van der Waals surface area contributed by atoms with Crippen LogP contribution in [0.5, 0.6) is 0 Å². The van der Waals surface area contributed by atoms with Gasteiger partial charge in [0.2, 0.25) is 0 Å². The summed E-state index contributed by atoms with van der Waals surface area (Å²) in [4.78, 5) is 3.01. The maximum absolute atomic E-state index is 13.8. The highest BCUT2D eigenvalue weighted by atomic mass is 32.1. The third-order valence-corrected chi connectivity index (χ3v) is 3.88. The van der Waals surface area contributed by atoms with Gasteiger partial charge in [0.1, 0.15) is 11.3 Å². The molecule has 0 aliphatic carbocycles. The van der Waals surface area contributed by atoms with Gasteiger partial charge in [0, 0.05) is 6.04 Å². The van der Waals surface area contributed by atoms with Crippen molar-refractivity contribution in [3.8, 4) is 0 Å². The molecule has 0 spiro atoms. The molecule has 1 aromatic carbocycles. The summed E-state index contributed by atoms with van der Waals surface area (Å²) >= 11 is 5.39. The predicted molar refractivity (Wildman–Crippen MR) is 80.6 cm³/mol. The van der Waals surface area contributed by atoms with Crippen molar-refractivity contribution >= 4 is 23.3 Å². The molecule has 0 saturated carbocycles. The van der Waals surface area contributed by atoms with Crippen molar-refractivity contribution in [1.82, 2.24) is 9.55 Å². The number of unbranched alkanes of at least 4 members (excludes halogenated alkanes) is 1. The van der Waals surface area contributed by atoms with Gasteiger partial charge < -0.3 is 9.55 Å². The molecule has 2 rings (SSSR count). The lowest BCUT2D eigenvalue weighted by atomic mass is 10.0. The Kier molecular flexibility index (Phi) is 4.75. The summed E-state index contributed by atoms with van der Waals surface area (Å²) in [5, 5.41) is 0. The van der Waals surface area contributed by atoms with Crippen LogP contribution < -0.4 is 0 Å². The van der Waals surface area contributed by atoms with Crippen molar-refractivity contribution in [2.45, 2.75) is 52.0 Å². The molecule has 1 aromatic heterocycles. The van der Waals surface area contributed by atoms with Crippen LogP contribution in [0.15, 0.2) is 18.2 Å². The highest BCUT2D eigenvalue weighted by molar-refractivity contribution is 7.71. The van der Waals surface area contributed by atoms with Gasteiger partial charge in [0.15, 0.2) is 4.77 Å². The maximum atomic E-state index is 13.8. The molecule has 1 atom stereocenters. The highest BCUT2D eigenvalue weighted by Gasteiger charge is 2.15. The van der Waals surface area contributed by atoms with E-state index in [2.05, 4.69) is 23.4 Å². The number of aromatic amines is 1. The predicted octanol–water partition coefficient (Wildman–Crippen LogP) is 5.37. The number of halogens is 1. The smallest absolute Gasteiger partial charge is 0.178 e. The van der Waals surface area contributed by atoms with Gasteiger partial charge in [-0.3, -0.25) is 0 Å². The zero-order valence-corrected chi connectivity index (χ0v) is 12.4. The summed E-state index contributed by atoms with van der Waals surface area (Å²) in [5.74, 6) is -0.229. The summed E-state index contributed by atoms with van der Waals surface area (Å²) < 4.78 is 16.5. The summed E-state index contributed by atoms with van der Waals surface area (Å²) in [6.45, 7) is 4.37. The molecule has 1 unspecified atom stereocenters. The molecule has 0 saturated heterocycles. The molecule has 2 nitrogen and oxygen atoms in total. The Morgan fingerprint density at radius 3 is 2.74 bits per heavy atom. The van der Waals surface area contributed by atoms with E-state index >= 15 is 0 Å². The first kappa shape index (κ1) is 14.3. The Morgan fingerprint density at radius 1 is 1.26 bits per heavy atom. The van der Waals surface area contributed by atoms with Crippen LogP contribution in [-0.4, -0.2) is 9.55 Å². The van der Waals surface area contributed by atoms with Crippen molar-refractivity contribution < 1.29 is 4.39 Å². The lowest BCUT2D eigenvalue weighted by molar-refractivity contribution is 0.422. The molecule has 0 fully saturated rings. The number of imidazole rings is 1. The quantitative estimate of drug-likeness (QED) is 0.705. The van der Waals surface area contributed by atoms with E-state index < -0.39 is 0 Å². The summed E-state index contributed by atoms with van der Waals surface area (Å²) in [6, 6.07) is 5.53. The highest BCUT2D eigenvalue weighted by Crippen LogP contribution is 2.27. The van der Waals surface area contributed by atoms with Gasteiger partial charge in [0.25, 0.3) is 0 Å². The number of nitrogens with zero attached hydrogens (tertiary/aromatic N) is 1. The number of hydrogen-bond donors (Lipinski definition) is 1. The zero-order valence-electron chi connectivity index (χ0n) is 11.6. The minimum absolute atomic E-state index is 0.229. The fraction of sp³-hybridized carbons (Fsp3) is 0.533. The molecule has 104 valence electrons. The topological polar surface area (TPSA) is 20.7 Å². The van der Waals surface area contributed by atoms with E-state index in [1.165, 1.54) is 18.9 Å². The Balaban J connectivity index is 2.49. The molecule has 0 aliphatic heterocycles. The van der Waals surface area contributed by atoms with Gasteiger partial charge in [-0.15, -0.1) is 0 Å². The number of aromatic nitrogens is 2. The second-order valence-electron chi connectivity index (χ2n) is 5.02. The van der Waals surface area contributed by atoms with Crippen molar-refractivity contribution in [1.29, 1.82) is 0 Å². The van der Waals surface area contributed by atoms with E-state index in [1.54, 1.807) is 6.07 Å². The lowest BCUT2D eigenvalue weighted by Gasteiger charge is -2.18. The fourth-order valence-corrected chi connectivity index (χ4v) is 3.00. The van der Waals surface area contributed by atoms with E-state index in [1.807, 2.05) is 6.07 Å². The second-order valence-corrected chi connectivity index (χ2v) is 5.41. The van der Waals surface area contributed by atoms with Crippen LogP contribution in [0.4, 0.5) is 4.39 Å². The van der Waals surface area contributed by atoms with Crippen LogP contribution in [0.2, 0.25) is 0 Å². The fourth-order valence-electron chi connectivity index (χ4n) is 2.65. The van der Waals surface area contributed by atoms with Crippen LogP contribution in [0, 0.1) is 10.6 Å². The van der Waals surface area contributed by atoms with Gasteiger partial charge in [0.05, 0.1) is 5.52 Å². The van der Waals surface area contributed by atoms with Gasteiger partial charge in [-0.2, -0.15) is 0 Å². The van der Waals surface area contributed by atoms with Gasteiger partial charge in [-0.25, -0.2) is 4.39 Å². The molecular formula is C15H21FN2S. The molecule has 0 amide bonds. The molecule has 1 N–H and O–H groups in total. The third-order valence-electron chi connectivity index (χ3n) is 3.58. The Morgan fingerprint density at radius 2 is 2.05 bits per heavy atom. The average Bonchev–Trinajstić information content (AvgIpc) is 2.73. The first-order valence-electron chi connectivity index (χ1n) is 7.07. The normalized spacial score (nSPS) is 13.0. The number of H-pyrrole nitrogens is 1. The van der Waals surface area contributed by atoms with E-state index in [0.29, 0.717) is 16.3 Å². The number of para-hydroxylation sites is 1. The number of nitrogens with one attached hydrogen (secondary N) is 1. The van der Waals surface area contributed by atoms with Crippen molar-refractivity contribution in [3.63, 3.8) is 0 Å². The standard InChI is InChI=1S/C15H21FN2S/c1-3-5-8-11(7-4-2)18-13-10-6-9-12(16)14(13)17-15(18)19/h6,9-11H,3-5,7-8H2,1-2H3,(H,17,19). The zero-order chi connectivity index (χ0) is 13.8. The molecule has 2 aromatic rings. The minimum Gasteiger partial charge on any atom is -0.328 e. The largest absolute Gasteiger partial charge is 0.328 e. The first-order chi connectivity index (χ1) is 9.19. The number of hydrogen-bond acceptors (Lipinski definition) is 1. The van der Waals surface area contributed by atoms with Crippen molar-refractivity contribution in [3.05, 3.63) is 28.8 Å². The van der Waals surface area contributed by atoms with Crippen LogP contribution in [0.1, 0.15) is 52.0 Å². The van der Waals surface area contributed by atoms with E-state index in [4.69, 9.17) is 12.2 Å². The van der Waals surface area contributed by atoms with Crippen LogP contribution >= 0.6 is 12.2 Å². The Labute approximate surface area is 118 Å². The van der Waals surface area contributed by atoms with Crippen LogP contribution in [-0.2, 0) is 0 Å². The second kappa shape index (κ2) is 6.33. The van der Waals surface area contributed by atoms with E-state index in [-0.39, 0.29) is 5.82 Å². The van der Waals surface area contributed by atoms with E-state index in [9.17, 15) is 4.39 Å².